The summed E-state index contributed by atoms with van der Waals surface area (Å²) in [6.45, 7) is 21.7. The van der Waals surface area contributed by atoms with Crippen LogP contribution in [0, 0.1) is 0 Å². The Morgan fingerprint density at radius 2 is 0.407 bits per heavy atom. The molecule has 0 N–H and O–H groups in total. The van der Waals surface area contributed by atoms with E-state index in [0.717, 1.165) is 0 Å². The summed E-state index contributed by atoms with van der Waals surface area (Å²) in [6.07, 6.45) is 0. The molecule has 0 aliphatic heterocycles. The summed E-state index contributed by atoms with van der Waals surface area (Å²) in [5.41, 5.74) is 14.9. The number of benzene rings is 7. The Bertz CT molecular complexity index is 2110. The molecule has 54 heavy (non-hydrogen) atoms. The van der Waals surface area contributed by atoms with Crippen LogP contribution < -0.4 is 15.6 Å². The van der Waals surface area contributed by atoms with Gasteiger partial charge in [0.2, 0.25) is 0 Å². The molecule has 0 unspecified atom stereocenters. The Hall–Kier alpha value is -4.81. The van der Waals surface area contributed by atoms with Gasteiger partial charge >= 0.3 is 0 Å². The third-order valence-electron chi connectivity index (χ3n) is 10.8. The number of rotatable bonds is 9. The van der Waals surface area contributed by atoms with Gasteiger partial charge in [-0.1, -0.05) is 220 Å². The summed E-state index contributed by atoms with van der Waals surface area (Å²) < 4.78 is 0. The highest BCUT2D eigenvalue weighted by Crippen LogP contribution is 2.42. The van der Waals surface area contributed by atoms with Crippen molar-refractivity contribution in [1.82, 2.24) is 0 Å². The normalized spacial score (nSPS) is 12.2. The first kappa shape index (κ1) is 37.5. The molecule has 0 aliphatic rings. The van der Waals surface area contributed by atoms with Gasteiger partial charge in [-0.05, 0) is 85.0 Å². The fraction of sp³-hybridized carbons (Fsp3) is 0.176. The van der Waals surface area contributed by atoms with Crippen molar-refractivity contribution < 1.29 is 0 Å². The summed E-state index contributed by atoms with van der Waals surface area (Å²) in [5, 5.41) is 4.45. The maximum absolute atomic E-state index is 2.42. The lowest BCUT2D eigenvalue weighted by Gasteiger charge is -2.20. The first-order valence-corrected chi connectivity index (χ1v) is 29.9. The molecule has 0 bridgehead atoms. The van der Waals surface area contributed by atoms with Crippen molar-refractivity contribution in [2.45, 2.75) is 58.9 Å². The monoisotopic (exact) mass is 750 g/mol. The van der Waals surface area contributed by atoms with E-state index < -0.39 is 24.2 Å². The Morgan fingerprint density at radius 3 is 0.593 bits per heavy atom. The maximum Gasteiger partial charge on any atom is 0.0775 e. The molecule has 270 valence electrons. The van der Waals surface area contributed by atoms with Crippen LogP contribution in [0.3, 0.4) is 0 Å². The van der Waals surface area contributed by atoms with Crippen molar-refractivity contribution in [3.05, 3.63) is 164 Å². The average Bonchev–Trinajstić information content (AvgIpc) is 3.17. The zero-order valence-corrected chi connectivity index (χ0v) is 36.6. The van der Waals surface area contributed by atoms with Crippen molar-refractivity contribution >= 4 is 39.8 Å². The van der Waals surface area contributed by atoms with Gasteiger partial charge in [-0.25, -0.2) is 0 Å². The van der Waals surface area contributed by atoms with Crippen LogP contribution in [0.5, 0.6) is 0 Å². The third-order valence-corrected chi connectivity index (χ3v) is 17.0. The molecule has 0 heterocycles. The van der Waals surface area contributed by atoms with Crippen molar-refractivity contribution in [2.24, 2.45) is 0 Å². The van der Waals surface area contributed by atoms with Crippen LogP contribution in [0.15, 0.2) is 164 Å². The molecule has 0 aliphatic carbocycles. The zero-order valence-electron chi connectivity index (χ0n) is 33.6. The Labute approximate surface area is 327 Å². The van der Waals surface area contributed by atoms with Crippen molar-refractivity contribution in [2.75, 3.05) is 0 Å². The van der Waals surface area contributed by atoms with Gasteiger partial charge in [0.1, 0.15) is 0 Å². The summed E-state index contributed by atoms with van der Waals surface area (Å²) in [7, 11) is -4.24. The van der Waals surface area contributed by atoms with Gasteiger partial charge < -0.3 is 0 Å². The summed E-state index contributed by atoms with van der Waals surface area (Å²) in [5.74, 6) is 0. The molecule has 0 spiro atoms. The Morgan fingerprint density at radius 1 is 0.222 bits per heavy atom. The smallest absolute Gasteiger partial charge is 0.0656 e. The molecule has 0 aromatic heterocycles. The fourth-order valence-corrected chi connectivity index (χ4v) is 11.0. The third kappa shape index (κ3) is 8.00. The first-order chi connectivity index (χ1) is 25.7. The van der Waals surface area contributed by atoms with Gasteiger partial charge in [-0.3, -0.25) is 0 Å². The lowest BCUT2D eigenvalue weighted by molar-refractivity contribution is 1.54. The van der Waals surface area contributed by atoms with E-state index in [9.17, 15) is 0 Å². The van der Waals surface area contributed by atoms with E-state index >= 15 is 0 Å². The van der Waals surface area contributed by atoms with Gasteiger partial charge in [0.05, 0.1) is 24.2 Å². The minimum Gasteiger partial charge on any atom is -0.0656 e. The van der Waals surface area contributed by atoms with Crippen LogP contribution in [-0.2, 0) is 0 Å². The SMILES string of the molecule is C[Si](C)(C)c1ccc(-c2ccccc2-c2cc(-c3ccccc3-c3ccc([Si](C)(C)C)cc3)cc(-c3ccccc3-c3ccc([Si](C)(C)C)cc3)c2)cc1. The highest BCUT2D eigenvalue weighted by molar-refractivity contribution is 6.89. The van der Waals surface area contributed by atoms with Crippen LogP contribution in [0.1, 0.15) is 0 Å². The van der Waals surface area contributed by atoms with Crippen molar-refractivity contribution in [3.8, 4) is 66.8 Å². The van der Waals surface area contributed by atoms with E-state index in [1.165, 1.54) is 82.3 Å². The quantitative estimate of drug-likeness (QED) is 0.129. The molecule has 0 atom stereocenters. The topological polar surface area (TPSA) is 0 Å². The van der Waals surface area contributed by atoms with Crippen molar-refractivity contribution in [1.29, 1.82) is 0 Å². The fourth-order valence-electron chi connectivity index (χ4n) is 7.50. The molecule has 0 fully saturated rings. The zero-order chi connectivity index (χ0) is 38.3. The molecule has 0 radical (unpaired) electrons. The summed E-state index contributed by atoms with van der Waals surface area (Å²) in [4.78, 5) is 0. The van der Waals surface area contributed by atoms with Gasteiger partial charge in [-0.2, -0.15) is 0 Å². The minimum atomic E-state index is -1.41. The Balaban J connectivity index is 1.43. The van der Waals surface area contributed by atoms with E-state index in [-0.39, 0.29) is 0 Å². The van der Waals surface area contributed by atoms with Crippen LogP contribution in [0.2, 0.25) is 58.9 Å². The highest BCUT2D eigenvalue weighted by Gasteiger charge is 2.20. The van der Waals surface area contributed by atoms with E-state index in [2.05, 4.69) is 223 Å². The molecular formula is C51H54Si3. The standard InChI is InChI=1S/C51H54Si3/c1-52(2,3)43-28-22-37(23-29-43)46-16-10-13-19-49(46)40-34-41(50-20-14-11-17-47(50)38-24-30-44(31-25-38)53(4,5)6)36-42(35-40)51-21-15-12-18-48(51)39-26-32-45(33-27-39)54(7,8)9/h10-36H,1-9H3. The predicted octanol–water partition coefficient (Wildman–Crippen LogP) is 13.3. The molecular weight excluding hydrogens is 697 g/mol. The molecule has 0 nitrogen and oxygen atoms in total. The molecule has 7 aromatic rings. The van der Waals surface area contributed by atoms with Crippen molar-refractivity contribution in [3.63, 3.8) is 0 Å². The van der Waals surface area contributed by atoms with E-state index in [4.69, 9.17) is 0 Å². The van der Waals surface area contributed by atoms with E-state index in [1.807, 2.05) is 0 Å². The maximum atomic E-state index is 2.42. The molecule has 7 rings (SSSR count). The second kappa shape index (κ2) is 14.8. The van der Waals surface area contributed by atoms with Gasteiger partial charge in [0.25, 0.3) is 0 Å². The van der Waals surface area contributed by atoms with Gasteiger partial charge in [-0.15, -0.1) is 0 Å². The molecule has 0 amide bonds. The van der Waals surface area contributed by atoms with Crippen LogP contribution in [0.4, 0.5) is 0 Å². The van der Waals surface area contributed by atoms with Crippen LogP contribution >= 0.6 is 0 Å². The summed E-state index contributed by atoms with van der Waals surface area (Å²) >= 11 is 0. The largest absolute Gasteiger partial charge is 0.0775 e. The van der Waals surface area contributed by atoms with E-state index in [1.54, 1.807) is 0 Å². The average molecular weight is 751 g/mol. The number of hydrogen-bond donors (Lipinski definition) is 0. The molecule has 0 saturated heterocycles. The number of hydrogen-bond acceptors (Lipinski definition) is 0. The Kier molecular flexibility index (Phi) is 10.3. The van der Waals surface area contributed by atoms with Crippen LogP contribution in [0.25, 0.3) is 66.8 Å². The summed E-state index contributed by atoms with van der Waals surface area (Å²) in [6, 6.07) is 62.2. The second-order valence-corrected chi connectivity index (χ2v) is 33.1. The first-order valence-electron chi connectivity index (χ1n) is 19.4. The minimum absolute atomic E-state index is 1.22. The van der Waals surface area contributed by atoms with Gasteiger partial charge in [0.15, 0.2) is 0 Å². The molecule has 7 aromatic carbocycles. The highest BCUT2D eigenvalue weighted by atomic mass is 28.3. The lowest BCUT2D eigenvalue weighted by atomic mass is 9.86. The molecule has 3 heteroatoms. The molecule has 0 saturated carbocycles. The van der Waals surface area contributed by atoms with Crippen LogP contribution in [-0.4, -0.2) is 24.2 Å². The lowest BCUT2D eigenvalue weighted by Crippen LogP contribution is -2.37. The predicted molar refractivity (Wildman–Crippen MR) is 248 cm³/mol. The second-order valence-electron chi connectivity index (χ2n) is 17.9. The van der Waals surface area contributed by atoms with E-state index in [0.29, 0.717) is 0 Å². The van der Waals surface area contributed by atoms with Gasteiger partial charge in [0, 0.05) is 0 Å².